The largest absolute Gasteiger partial charge is 0.394 e. The van der Waals surface area contributed by atoms with Crippen LogP contribution in [0.15, 0.2) is 24.3 Å². The van der Waals surface area contributed by atoms with E-state index in [2.05, 4.69) is 43.5 Å². The summed E-state index contributed by atoms with van der Waals surface area (Å²) < 4.78 is 0. The first-order chi connectivity index (χ1) is 26.1. The average molecular weight is 748 g/mol. The van der Waals surface area contributed by atoms with Gasteiger partial charge in [-0.25, -0.2) is 0 Å². The molecule has 0 aromatic carbocycles. The molecule has 0 saturated carbocycles. The number of allylic oxidation sites excluding steroid dienone is 4. The van der Waals surface area contributed by atoms with E-state index < -0.39 is 18.2 Å². The van der Waals surface area contributed by atoms with E-state index >= 15 is 0 Å². The summed E-state index contributed by atoms with van der Waals surface area (Å²) in [5.74, 6) is -0.156. The Morgan fingerprint density at radius 3 is 1.09 bits per heavy atom. The van der Waals surface area contributed by atoms with Crippen LogP contribution in [0.5, 0.6) is 0 Å². The normalized spacial score (nSPS) is 13.7. The minimum absolute atomic E-state index is 0.156. The van der Waals surface area contributed by atoms with Crippen molar-refractivity contribution < 1.29 is 20.1 Å². The second kappa shape index (κ2) is 43.6. The first-order valence-electron chi connectivity index (χ1n) is 23.6. The van der Waals surface area contributed by atoms with Crippen LogP contribution in [0.4, 0.5) is 0 Å². The maximum atomic E-state index is 12.4. The Kier molecular flexibility index (Phi) is 42.6. The highest BCUT2D eigenvalue weighted by atomic mass is 16.3. The van der Waals surface area contributed by atoms with Crippen LogP contribution in [-0.4, -0.2) is 46.1 Å². The number of carbonyl (C=O) groups is 1. The topological polar surface area (TPSA) is 89.8 Å². The zero-order chi connectivity index (χ0) is 38.7. The first kappa shape index (κ1) is 51.8. The lowest BCUT2D eigenvalue weighted by atomic mass is 10.0. The quantitative estimate of drug-likeness (QED) is 0.0369. The molecule has 5 nitrogen and oxygen atoms in total. The number of aliphatic hydroxyl groups excluding tert-OH is 3. The molecular weight excluding hydrogens is 655 g/mol. The van der Waals surface area contributed by atoms with Gasteiger partial charge in [0.05, 0.1) is 18.8 Å². The molecule has 5 heteroatoms. The van der Waals surface area contributed by atoms with Gasteiger partial charge in [-0.05, 0) is 64.2 Å². The van der Waals surface area contributed by atoms with Crippen molar-refractivity contribution in [3.05, 3.63) is 24.3 Å². The Balaban J connectivity index is 3.63. The van der Waals surface area contributed by atoms with E-state index in [1.54, 1.807) is 0 Å². The van der Waals surface area contributed by atoms with Crippen LogP contribution in [0.1, 0.15) is 251 Å². The summed E-state index contributed by atoms with van der Waals surface area (Å²) in [6, 6.07) is -0.826. The van der Waals surface area contributed by atoms with Gasteiger partial charge in [-0.2, -0.15) is 0 Å². The van der Waals surface area contributed by atoms with Crippen LogP contribution in [-0.2, 0) is 4.79 Å². The number of hydrogen-bond acceptors (Lipinski definition) is 4. The number of unbranched alkanes of at least 4 members (excludes halogenated alkanes) is 31. The number of aliphatic hydroxyl groups is 3. The molecule has 0 aliphatic carbocycles. The molecule has 0 spiro atoms. The Hall–Kier alpha value is -1.17. The predicted octanol–water partition coefficient (Wildman–Crippen LogP) is 13.8. The molecule has 0 saturated heterocycles. The third-order valence-electron chi connectivity index (χ3n) is 11.0. The van der Waals surface area contributed by atoms with Crippen molar-refractivity contribution in [3.8, 4) is 0 Å². The molecule has 0 fully saturated rings. The van der Waals surface area contributed by atoms with Crippen molar-refractivity contribution in [1.29, 1.82) is 0 Å². The summed E-state index contributed by atoms with van der Waals surface area (Å²) in [5.41, 5.74) is 0. The number of hydrogen-bond donors (Lipinski definition) is 4. The maximum absolute atomic E-state index is 12.4. The third kappa shape index (κ3) is 38.9. The van der Waals surface area contributed by atoms with Gasteiger partial charge in [0.15, 0.2) is 0 Å². The molecule has 4 N–H and O–H groups in total. The number of nitrogens with one attached hydrogen (secondary N) is 1. The minimum Gasteiger partial charge on any atom is -0.394 e. The molecule has 0 heterocycles. The van der Waals surface area contributed by atoms with E-state index in [1.807, 2.05) is 0 Å². The summed E-state index contributed by atoms with van der Waals surface area (Å²) in [7, 11) is 0. The van der Waals surface area contributed by atoms with Crippen molar-refractivity contribution in [3.63, 3.8) is 0 Å². The molecule has 0 rings (SSSR count). The highest BCUT2D eigenvalue weighted by molar-refractivity contribution is 5.76. The van der Waals surface area contributed by atoms with Gasteiger partial charge in [-0.1, -0.05) is 205 Å². The molecular formula is C48H93NO4. The van der Waals surface area contributed by atoms with Gasteiger partial charge in [-0.15, -0.1) is 0 Å². The lowest BCUT2D eigenvalue weighted by Gasteiger charge is -2.26. The zero-order valence-corrected chi connectivity index (χ0v) is 35.7. The van der Waals surface area contributed by atoms with E-state index in [0.717, 1.165) is 38.5 Å². The fraction of sp³-hybridized carbons (Fsp3) is 0.896. The monoisotopic (exact) mass is 748 g/mol. The lowest BCUT2D eigenvalue weighted by molar-refractivity contribution is -0.124. The molecule has 0 radical (unpaired) electrons. The zero-order valence-electron chi connectivity index (χ0n) is 35.7. The lowest BCUT2D eigenvalue weighted by Crippen LogP contribution is -2.50. The molecule has 0 aliphatic heterocycles. The predicted molar refractivity (Wildman–Crippen MR) is 231 cm³/mol. The average Bonchev–Trinajstić information content (AvgIpc) is 3.16. The number of amides is 1. The smallest absolute Gasteiger partial charge is 0.220 e. The molecule has 0 aliphatic rings. The first-order valence-corrected chi connectivity index (χ1v) is 23.6. The highest BCUT2D eigenvalue weighted by Crippen LogP contribution is 2.16. The van der Waals surface area contributed by atoms with Crippen molar-refractivity contribution in [1.82, 2.24) is 5.32 Å². The Morgan fingerprint density at radius 2 is 0.755 bits per heavy atom. The molecule has 0 aromatic rings. The van der Waals surface area contributed by atoms with E-state index in [1.165, 1.54) is 186 Å². The molecule has 314 valence electrons. The number of carbonyl (C=O) groups excluding carboxylic acids is 1. The van der Waals surface area contributed by atoms with Crippen LogP contribution < -0.4 is 5.32 Å². The van der Waals surface area contributed by atoms with Gasteiger partial charge in [0.1, 0.15) is 6.10 Å². The van der Waals surface area contributed by atoms with Crippen LogP contribution in [0.25, 0.3) is 0 Å². The molecule has 53 heavy (non-hydrogen) atoms. The van der Waals surface area contributed by atoms with Crippen molar-refractivity contribution >= 4 is 5.91 Å². The standard InChI is InChI=1S/C48H93NO4/c1-3-5-7-9-11-13-15-17-19-21-22-23-24-25-27-29-31-33-35-37-39-41-43-47(52)49-45(44-50)48(53)46(51)42-40-38-36-34-32-30-28-26-20-18-16-14-12-10-8-6-4-2/h24-25,34,36,45-46,48,50-51,53H,3-23,26-33,35,37-44H2,1-2H3,(H,49,52)/b25-24-,36-34+. The Labute approximate surface area is 331 Å². The highest BCUT2D eigenvalue weighted by Gasteiger charge is 2.26. The molecule has 1 amide bonds. The third-order valence-corrected chi connectivity index (χ3v) is 11.0. The Morgan fingerprint density at radius 1 is 0.453 bits per heavy atom. The van der Waals surface area contributed by atoms with Crippen molar-refractivity contribution in [2.45, 2.75) is 270 Å². The van der Waals surface area contributed by atoms with E-state index in [4.69, 9.17) is 0 Å². The van der Waals surface area contributed by atoms with Gasteiger partial charge >= 0.3 is 0 Å². The van der Waals surface area contributed by atoms with E-state index in [9.17, 15) is 20.1 Å². The van der Waals surface area contributed by atoms with Crippen molar-refractivity contribution in [2.75, 3.05) is 6.61 Å². The molecule has 3 unspecified atom stereocenters. The fourth-order valence-corrected chi connectivity index (χ4v) is 7.33. The van der Waals surface area contributed by atoms with Crippen LogP contribution in [0.3, 0.4) is 0 Å². The van der Waals surface area contributed by atoms with Gasteiger partial charge in [-0.3, -0.25) is 4.79 Å². The fourth-order valence-electron chi connectivity index (χ4n) is 7.33. The second-order valence-corrected chi connectivity index (χ2v) is 16.3. The SMILES string of the molecule is CCCCCCCCCCCCC/C=C\CCCCCCCCCC(=O)NC(CO)C(O)C(O)CCC/C=C/CCCCCCCCCCCCCC. The number of rotatable bonds is 43. The summed E-state index contributed by atoms with van der Waals surface area (Å²) >= 11 is 0. The van der Waals surface area contributed by atoms with Gasteiger partial charge in [0.25, 0.3) is 0 Å². The maximum Gasteiger partial charge on any atom is 0.220 e. The van der Waals surface area contributed by atoms with E-state index in [0.29, 0.717) is 12.8 Å². The van der Waals surface area contributed by atoms with Gasteiger partial charge < -0.3 is 20.6 Å². The molecule has 0 aromatic heterocycles. The summed E-state index contributed by atoms with van der Waals surface area (Å²) in [4.78, 5) is 12.4. The summed E-state index contributed by atoms with van der Waals surface area (Å²) in [6.07, 6.45) is 53.0. The van der Waals surface area contributed by atoms with Crippen molar-refractivity contribution in [2.24, 2.45) is 0 Å². The minimum atomic E-state index is -1.16. The second-order valence-electron chi connectivity index (χ2n) is 16.3. The van der Waals surface area contributed by atoms with Crippen LogP contribution >= 0.6 is 0 Å². The molecule has 0 bridgehead atoms. The van der Waals surface area contributed by atoms with Crippen LogP contribution in [0.2, 0.25) is 0 Å². The van der Waals surface area contributed by atoms with Crippen LogP contribution in [0, 0.1) is 0 Å². The Bertz CT molecular complexity index is 784. The molecule has 3 atom stereocenters. The van der Waals surface area contributed by atoms with Gasteiger partial charge in [0.2, 0.25) is 5.91 Å². The van der Waals surface area contributed by atoms with E-state index in [-0.39, 0.29) is 12.5 Å². The summed E-state index contributed by atoms with van der Waals surface area (Å²) in [5, 5.41) is 33.6. The van der Waals surface area contributed by atoms with Gasteiger partial charge in [0, 0.05) is 6.42 Å². The summed E-state index contributed by atoms with van der Waals surface area (Å²) in [6.45, 7) is 4.18.